The first-order valence-electron chi connectivity index (χ1n) is 10.4. The minimum absolute atomic E-state index is 0.0404. The summed E-state index contributed by atoms with van der Waals surface area (Å²) in [4.78, 5) is 15.2. The second kappa shape index (κ2) is 7.85. The zero-order valence-corrected chi connectivity index (χ0v) is 17.2. The van der Waals surface area contributed by atoms with Crippen LogP contribution < -0.4 is 0 Å². The number of hydrogen-bond donors (Lipinski definition) is 0. The molecule has 1 aliphatic heterocycles. The molecule has 4 atom stereocenters. The van der Waals surface area contributed by atoms with E-state index in [1.54, 1.807) is 20.5 Å². The van der Waals surface area contributed by atoms with Gasteiger partial charge in [-0.25, -0.2) is 4.68 Å². The van der Waals surface area contributed by atoms with E-state index in [4.69, 9.17) is 13.9 Å². The van der Waals surface area contributed by atoms with E-state index in [9.17, 15) is 4.79 Å². The van der Waals surface area contributed by atoms with E-state index in [0.717, 1.165) is 37.0 Å². The molecule has 2 aliphatic rings. The molecule has 1 aliphatic carbocycles. The largest absolute Gasteiger partial charge is 0.464 e. The number of hydrogen-bond acceptors (Lipinski definition) is 6. The van der Waals surface area contributed by atoms with Crippen molar-refractivity contribution in [3.63, 3.8) is 0 Å². The lowest BCUT2D eigenvalue weighted by Crippen LogP contribution is -2.37. The van der Waals surface area contributed by atoms with Gasteiger partial charge in [-0.05, 0) is 36.8 Å². The summed E-state index contributed by atoms with van der Waals surface area (Å²) in [5.41, 5.74) is 2.11. The lowest BCUT2D eigenvalue weighted by Gasteiger charge is -2.36. The number of para-hydroxylation sites is 1. The summed E-state index contributed by atoms with van der Waals surface area (Å²) >= 11 is 0. The van der Waals surface area contributed by atoms with Crippen LogP contribution in [0.25, 0.3) is 11.0 Å². The Hall–Kier alpha value is -2.71. The molecule has 1 saturated carbocycles. The molecular formula is C22H26N4O4. The van der Waals surface area contributed by atoms with Gasteiger partial charge in [-0.3, -0.25) is 4.79 Å². The molecule has 1 aromatic carbocycles. The molecule has 2 aromatic heterocycles. The van der Waals surface area contributed by atoms with Crippen LogP contribution in [0.4, 0.5) is 0 Å². The smallest absolute Gasteiger partial charge is 0.257 e. The van der Waals surface area contributed by atoms with Crippen molar-refractivity contribution in [3.8, 4) is 0 Å². The highest BCUT2D eigenvalue weighted by atomic mass is 16.5. The Morgan fingerprint density at radius 3 is 2.83 bits per heavy atom. The second-order valence-corrected chi connectivity index (χ2v) is 8.31. The second-order valence-electron chi connectivity index (χ2n) is 8.31. The van der Waals surface area contributed by atoms with Crippen LogP contribution in [0, 0.1) is 11.8 Å². The molecule has 0 N–H and O–H groups in total. The van der Waals surface area contributed by atoms with E-state index in [1.165, 1.54) is 0 Å². The van der Waals surface area contributed by atoms with Crippen molar-refractivity contribution in [2.24, 2.45) is 11.8 Å². The highest BCUT2D eigenvalue weighted by Gasteiger charge is 2.45. The molecule has 0 radical (unpaired) electrons. The number of furan rings is 1. The third kappa shape index (κ3) is 3.30. The van der Waals surface area contributed by atoms with E-state index >= 15 is 0 Å². The molecule has 3 heterocycles. The maximum absolute atomic E-state index is 13.3. The summed E-state index contributed by atoms with van der Waals surface area (Å²) in [6.07, 6.45) is 5.44. The number of benzene rings is 1. The zero-order chi connectivity index (χ0) is 20.7. The quantitative estimate of drug-likeness (QED) is 0.643. The SMILES string of the molecule is COCc1cn([C@@H]2C[C@@H]3CN(C(=O)c4cccc5ccoc45)C[C@@H]3C[C@H]2OC)nn1. The number of rotatable bonds is 5. The summed E-state index contributed by atoms with van der Waals surface area (Å²) in [5.74, 6) is 0.878. The van der Waals surface area contributed by atoms with Crippen molar-refractivity contribution in [1.82, 2.24) is 19.9 Å². The highest BCUT2D eigenvalue weighted by molar-refractivity contribution is 6.04. The van der Waals surface area contributed by atoms with E-state index in [-0.39, 0.29) is 18.1 Å². The van der Waals surface area contributed by atoms with Crippen LogP contribution >= 0.6 is 0 Å². The van der Waals surface area contributed by atoms with Gasteiger partial charge in [0, 0.05) is 32.7 Å². The average molecular weight is 410 g/mol. The molecule has 8 nitrogen and oxygen atoms in total. The Bertz CT molecular complexity index is 1040. The Morgan fingerprint density at radius 1 is 1.20 bits per heavy atom. The Morgan fingerprint density at radius 2 is 2.03 bits per heavy atom. The predicted octanol–water partition coefficient (Wildman–Crippen LogP) is 2.91. The van der Waals surface area contributed by atoms with E-state index in [0.29, 0.717) is 29.6 Å². The molecule has 0 spiro atoms. The van der Waals surface area contributed by atoms with E-state index in [1.807, 2.05) is 40.0 Å². The number of fused-ring (bicyclic) bond motifs is 2. The fourth-order valence-corrected chi connectivity index (χ4v) is 5.11. The third-order valence-corrected chi connectivity index (χ3v) is 6.57. The maximum atomic E-state index is 13.3. The van der Waals surface area contributed by atoms with Gasteiger partial charge in [0.1, 0.15) is 11.3 Å². The monoisotopic (exact) mass is 410 g/mol. The molecule has 158 valence electrons. The fourth-order valence-electron chi connectivity index (χ4n) is 5.11. The lowest BCUT2D eigenvalue weighted by molar-refractivity contribution is -0.00548. The molecular weight excluding hydrogens is 384 g/mol. The Balaban J connectivity index is 1.34. The molecule has 0 bridgehead atoms. The van der Waals surface area contributed by atoms with Crippen LogP contribution in [0.3, 0.4) is 0 Å². The molecule has 0 unspecified atom stereocenters. The number of carbonyl (C=O) groups excluding carboxylic acids is 1. The summed E-state index contributed by atoms with van der Waals surface area (Å²) in [6.45, 7) is 1.93. The standard InChI is InChI=1S/C22H26N4O4/c1-28-13-17-12-26(24-23-17)19-8-15-10-25(11-16(15)9-20(19)29-2)22(27)18-5-3-4-14-6-7-30-21(14)18/h3-7,12,15-16,19-20H,8-11,13H2,1-2H3/t15-,16+,19-,20-/m1/s1. The first kappa shape index (κ1) is 19.3. The van der Waals surface area contributed by atoms with Crippen molar-refractivity contribution in [2.75, 3.05) is 27.3 Å². The molecule has 1 saturated heterocycles. The molecule has 30 heavy (non-hydrogen) atoms. The topological polar surface area (TPSA) is 82.6 Å². The van der Waals surface area contributed by atoms with Gasteiger partial charge in [0.15, 0.2) is 0 Å². The van der Waals surface area contributed by atoms with E-state index < -0.39 is 0 Å². The number of aromatic nitrogens is 3. The number of likely N-dealkylation sites (tertiary alicyclic amines) is 1. The number of nitrogens with zero attached hydrogens (tertiary/aromatic N) is 4. The van der Waals surface area contributed by atoms with Crippen molar-refractivity contribution < 1.29 is 18.7 Å². The molecule has 8 heteroatoms. The van der Waals surface area contributed by atoms with Gasteiger partial charge >= 0.3 is 0 Å². The van der Waals surface area contributed by atoms with Crippen LogP contribution in [0.5, 0.6) is 0 Å². The van der Waals surface area contributed by atoms with Crippen molar-refractivity contribution >= 4 is 16.9 Å². The highest BCUT2D eigenvalue weighted by Crippen LogP contribution is 2.42. The molecule has 3 aromatic rings. The lowest BCUT2D eigenvalue weighted by atomic mass is 9.77. The Labute approximate surface area is 174 Å². The molecule has 1 amide bonds. The minimum atomic E-state index is 0.0404. The Kier molecular flexibility index (Phi) is 5.04. The van der Waals surface area contributed by atoms with Gasteiger partial charge in [-0.15, -0.1) is 5.10 Å². The average Bonchev–Trinajstić information content (AvgIpc) is 3.50. The van der Waals surface area contributed by atoms with Gasteiger partial charge in [-0.2, -0.15) is 0 Å². The number of carbonyl (C=O) groups is 1. The van der Waals surface area contributed by atoms with Gasteiger partial charge in [-0.1, -0.05) is 17.3 Å². The minimum Gasteiger partial charge on any atom is -0.464 e. The van der Waals surface area contributed by atoms with Gasteiger partial charge in [0.2, 0.25) is 0 Å². The van der Waals surface area contributed by atoms with Crippen molar-refractivity contribution in [3.05, 3.63) is 48.0 Å². The summed E-state index contributed by atoms with van der Waals surface area (Å²) in [7, 11) is 3.40. The van der Waals surface area contributed by atoms with Crippen LogP contribution in [-0.2, 0) is 16.1 Å². The zero-order valence-electron chi connectivity index (χ0n) is 17.2. The maximum Gasteiger partial charge on any atom is 0.257 e. The normalized spacial score (nSPS) is 26.3. The third-order valence-electron chi connectivity index (χ3n) is 6.57. The summed E-state index contributed by atoms with van der Waals surface area (Å²) in [5, 5.41) is 9.47. The van der Waals surface area contributed by atoms with Crippen molar-refractivity contribution in [2.45, 2.75) is 31.6 Å². The number of methoxy groups -OCH3 is 2. The van der Waals surface area contributed by atoms with Crippen molar-refractivity contribution in [1.29, 1.82) is 0 Å². The van der Waals surface area contributed by atoms with Gasteiger partial charge < -0.3 is 18.8 Å². The first-order valence-corrected chi connectivity index (χ1v) is 10.4. The number of ether oxygens (including phenoxy) is 2. The molecule has 2 fully saturated rings. The number of amides is 1. The summed E-state index contributed by atoms with van der Waals surface area (Å²) in [6, 6.07) is 7.72. The van der Waals surface area contributed by atoms with Crippen LogP contribution in [0.1, 0.15) is 34.9 Å². The van der Waals surface area contributed by atoms with Crippen LogP contribution in [0.15, 0.2) is 41.1 Å². The van der Waals surface area contributed by atoms with E-state index in [2.05, 4.69) is 10.3 Å². The predicted molar refractivity (Wildman–Crippen MR) is 109 cm³/mol. The van der Waals surface area contributed by atoms with Gasteiger partial charge in [0.25, 0.3) is 5.91 Å². The fraction of sp³-hybridized carbons (Fsp3) is 0.500. The first-order chi connectivity index (χ1) is 14.7. The van der Waals surface area contributed by atoms with Gasteiger partial charge in [0.05, 0.1) is 36.8 Å². The molecule has 5 rings (SSSR count). The van der Waals surface area contributed by atoms with Crippen LogP contribution in [0.2, 0.25) is 0 Å². The van der Waals surface area contributed by atoms with Crippen LogP contribution in [-0.4, -0.2) is 59.2 Å². The summed E-state index contributed by atoms with van der Waals surface area (Å²) < 4.78 is 18.5.